The maximum absolute atomic E-state index is 9.77. The van der Waals surface area contributed by atoms with Gasteiger partial charge in [0.05, 0.1) is 12.1 Å². The van der Waals surface area contributed by atoms with Crippen LogP contribution in [0.4, 0.5) is 0 Å². The number of aliphatic hydroxyl groups excluding tert-OH is 1. The first-order valence-corrected chi connectivity index (χ1v) is 4.57. The minimum atomic E-state index is -0.247. The first kappa shape index (κ1) is 9.75. The predicted octanol–water partition coefficient (Wildman–Crippen LogP) is 1.31. The maximum atomic E-state index is 9.77. The summed E-state index contributed by atoms with van der Waals surface area (Å²) < 4.78 is 0. The summed E-state index contributed by atoms with van der Waals surface area (Å²) in [6.07, 6.45) is 4.71. The van der Waals surface area contributed by atoms with Crippen LogP contribution in [0.15, 0.2) is 12.2 Å². The monoisotopic (exact) mass is 169 g/mol. The van der Waals surface area contributed by atoms with E-state index in [9.17, 15) is 5.11 Å². The SMILES string of the molecule is CC(C)(C)CC(O)C1C=CCN1. The van der Waals surface area contributed by atoms with Crippen LogP contribution in [0, 0.1) is 5.41 Å². The molecule has 2 atom stereocenters. The van der Waals surface area contributed by atoms with Crippen LogP contribution in [0.2, 0.25) is 0 Å². The molecule has 0 aromatic carbocycles. The molecule has 0 aromatic rings. The summed E-state index contributed by atoms with van der Waals surface area (Å²) in [4.78, 5) is 0. The van der Waals surface area contributed by atoms with Crippen molar-refractivity contribution in [3.63, 3.8) is 0 Å². The zero-order chi connectivity index (χ0) is 9.19. The summed E-state index contributed by atoms with van der Waals surface area (Å²) in [5.41, 5.74) is 0.206. The molecular weight excluding hydrogens is 150 g/mol. The summed E-state index contributed by atoms with van der Waals surface area (Å²) in [6, 6.07) is 0.171. The largest absolute Gasteiger partial charge is 0.391 e. The molecule has 1 aliphatic heterocycles. The Morgan fingerprint density at radius 3 is 2.67 bits per heavy atom. The normalized spacial score (nSPS) is 26.2. The molecule has 0 spiro atoms. The van der Waals surface area contributed by atoms with Gasteiger partial charge in [0.1, 0.15) is 0 Å². The fourth-order valence-electron chi connectivity index (χ4n) is 1.51. The molecule has 70 valence electrons. The fraction of sp³-hybridized carbons (Fsp3) is 0.800. The van der Waals surface area contributed by atoms with Gasteiger partial charge >= 0.3 is 0 Å². The summed E-state index contributed by atoms with van der Waals surface area (Å²) in [6.45, 7) is 7.34. The number of rotatable bonds is 2. The molecule has 0 amide bonds. The minimum Gasteiger partial charge on any atom is -0.391 e. The molecule has 0 aromatic heterocycles. The van der Waals surface area contributed by atoms with Gasteiger partial charge in [-0.15, -0.1) is 0 Å². The second-order valence-electron chi connectivity index (χ2n) is 4.69. The van der Waals surface area contributed by atoms with E-state index in [1.807, 2.05) is 0 Å². The van der Waals surface area contributed by atoms with Gasteiger partial charge in [-0.05, 0) is 11.8 Å². The Hall–Kier alpha value is -0.340. The average Bonchev–Trinajstić information content (AvgIpc) is 2.32. The second kappa shape index (κ2) is 3.58. The van der Waals surface area contributed by atoms with Crippen molar-refractivity contribution in [3.05, 3.63) is 12.2 Å². The molecule has 2 unspecified atom stereocenters. The highest BCUT2D eigenvalue weighted by atomic mass is 16.3. The van der Waals surface area contributed by atoms with Crippen molar-refractivity contribution >= 4 is 0 Å². The van der Waals surface area contributed by atoms with Crippen LogP contribution in [0.25, 0.3) is 0 Å². The smallest absolute Gasteiger partial charge is 0.0734 e. The van der Waals surface area contributed by atoms with E-state index < -0.39 is 0 Å². The van der Waals surface area contributed by atoms with E-state index in [4.69, 9.17) is 0 Å². The molecule has 1 heterocycles. The van der Waals surface area contributed by atoms with Crippen LogP contribution in [0.1, 0.15) is 27.2 Å². The minimum absolute atomic E-state index is 0.171. The summed E-state index contributed by atoms with van der Waals surface area (Å²) in [7, 11) is 0. The van der Waals surface area contributed by atoms with Crippen molar-refractivity contribution in [3.8, 4) is 0 Å². The molecule has 0 radical (unpaired) electrons. The lowest BCUT2D eigenvalue weighted by Crippen LogP contribution is -2.37. The molecular formula is C10H19NO. The van der Waals surface area contributed by atoms with Gasteiger partial charge < -0.3 is 10.4 Å². The summed E-state index contributed by atoms with van der Waals surface area (Å²) in [5, 5.41) is 13.0. The molecule has 1 aliphatic rings. The lowest BCUT2D eigenvalue weighted by atomic mass is 9.87. The van der Waals surface area contributed by atoms with Gasteiger partial charge in [0, 0.05) is 6.54 Å². The van der Waals surface area contributed by atoms with Crippen LogP contribution in [0.3, 0.4) is 0 Å². The highest BCUT2D eigenvalue weighted by Crippen LogP contribution is 2.22. The fourth-order valence-corrected chi connectivity index (χ4v) is 1.51. The van der Waals surface area contributed by atoms with E-state index in [0.717, 1.165) is 13.0 Å². The zero-order valence-corrected chi connectivity index (χ0v) is 8.17. The van der Waals surface area contributed by atoms with Gasteiger partial charge in [0.15, 0.2) is 0 Å². The van der Waals surface area contributed by atoms with Crippen LogP contribution in [-0.4, -0.2) is 23.8 Å². The molecule has 0 saturated heterocycles. The Morgan fingerprint density at radius 2 is 2.25 bits per heavy atom. The zero-order valence-electron chi connectivity index (χ0n) is 8.17. The van der Waals surface area contributed by atoms with Gasteiger partial charge in [0.2, 0.25) is 0 Å². The Morgan fingerprint density at radius 1 is 1.58 bits per heavy atom. The molecule has 0 fully saturated rings. The topological polar surface area (TPSA) is 32.3 Å². The highest BCUT2D eigenvalue weighted by Gasteiger charge is 2.23. The molecule has 0 aliphatic carbocycles. The first-order chi connectivity index (χ1) is 5.49. The van der Waals surface area contributed by atoms with Crippen LogP contribution >= 0.6 is 0 Å². The highest BCUT2D eigenvalue weighted by molar-refractivity contribution is 5.05. The van der Waals surface area contributed by atoms with E-state index in [2.05, 4.69) is 38.2 Å². The first-order valence-electron chi connectivity index (χ1n) is 4.57. The van der Waals surface area contributed by atoms with Crippen molar-refractivity contribution in [2.45, 2.75) is 39.3 Å². The molecule has 1 rings (SSSR count). The third-order valence-corrected chi connectivity index (χ3v) is 2.05. The summed E-state index contributed by atoms with van der Waals surface area (Å²) >= 11 is 0. The van der Waals surface area contributed by atoms with Gasteiger partial charge in [-0.25, -0.2) is 0 Å². The Kier molecular flexibility index (Phi) is 2.91. The Labute approximate surface area is 74.7 Å². The average molecular weight is 169 g/mol. The summed E-state index contributed by atoms with van der Waals surface area (Å²) in [5.74, 6) is 0. The number of nitrogens with one attached hydrogen (secondary N) is 1. The van der Waals surface area contributed by atoms with Crippen molar-refractivity contribution in [1.82, 2.24) is 5.32 Å². The van der Waals surface area contributed by atoms with E-state index in [1.165, 1.54) is 0 Å². The van der Waals surface area contributed by atoms with E-state index >= 15 is 0 Å². The third kappa shape index (κ3) is 2.95. The number of hydrogen-bond donors (Lipinski definition) is 2. The Bertz CT molecular complexity index is 169. The molecule has 2 nitrogen and oxygen atoms in total. The number of hydrogen-bond acceptors (Lipinski definition) is 2. The van der Waals surface area contributed by atoms with Crippen LogP contribution in [-0.2, 0) is 0 Å². The Balaban J connectivity index is 2.37. The standard InChI is InChI=1S/C10H19NO/c1-10(2,3)7-9(12)8-5-4-6-11-8/h4-5,8-9,11-12H,6-7H2,1-3H3. The van der Waals surface area contributed by atoms with Crippen molar-refractivity contribution < 1.29 is 5.11 Å². The van der Waals surface area contributed by atoms with Gasteiger partial charge in [0.25, 0.3) is 0 Å². The van der Waals surface area contributed by atoms with E-state index in [1.54, 1.807) is 0 Å². The molecule has 0 saturated carbocycles. The van der Waals surface area contributed by atoms with Crippen molar-refractivity contribution in [2.75, 3.05) is 6.54 Å². The molecule has 2 N–H and O–H groups in total. The van der Waals surface area contributed by atoms with Crippen molar-refractivity contribution in [1.29, 1.82) is 0 Å². The van der Waals surface area contributed by atoms with Crippen LogP contribution in [0.5, 0.6) is 0 Å². The quantitative estimate of drug-likeness (QED) is 0.611. The van der Waals surface area contributed by atoms with Gasteiger partial charge in [-0.2, -0.15) is 0 Å². The molecule has 0 bridgehead atoms. The van der Waals surface area contributed by atoms with Gasteiger partial charge in [-0.3, -0.25) is 0 Å². The maximum Gasteiger partial charge on any atom is 0.0734 e. The van der Waals surface area contributed by atoms with E-state index in [0.29, 0.717) is 0 Å². The predicted molar refractivity (Wildman–Crippen MR) is 51.0 cm³/mol. The lowest BCUT2D eigenvalue weighted by Gasteiger charge is -2.25. The molecule has 12 heavy (non-hydrogen) atoms. The van der Waals surface area contributed by atoms with Gasteiger partial charge in [-0.1, -0.05) is 32.9 Å². The lowest BCUT2D eigenvalue weighted by molar-refractivity contribution is 0.102. The van der Waals surface area contributed by atoms with E-state index in [-0.39, 0.29) is 17.6 Å². The second-order valence-corrected chi connectivity index (χ2v) is 4.69. The van der Waals surface area contributed by atoms with Crippen LogP contribution < -0.4 is 5.32 Å². The third-order valence-electron chi connectivity index (χ3n) is 2.05. The number of aliphatic hydroxyl groups is 1. The molecule has 2 heteroatoms. The van der Waals surface area contributed by atoms with Crippen molar-refractivity contribution in [2.24, 2.45) is 5.41 Å².